The molecule has 3 aromatic rings. The van der Waals surface area contributed by atoms with Crippen molar-refractivity contribution in [2.75, 3.05) is 21.3 Å². The Bertz CT molecular complexity index is 1100. The molecule has 8 heteroatoms. The van der Waals surface area contributed by atoms with Crippen molar-refractivity contribution in [2.45, 2.75) is 0 Å². The van der Waals surface area contributed by atoms with E-state index in [1.807, 2.05) is 0 Å². The number of methoxy groups -OCH3 is 3. The van der Waals surface area contributed by atoms with Gasteiger partial charge in [0.05, 0.1) is 36.8 Å². The van der Waals surface area contributed by atoms with Crippen molar-refractivity contribution >= 4 is 29.3 Å². The van der Waals surface area contributed by atoms with Gasteiger partial charge in [0, 0.05) is 6.08 Å². The van der Waals surface area contributed by atoms with E-state index in [9.17, 15) is 9.59 Å². The van der Waals surface area contributed by atoms with Crippen molar-refractivity contribution in [3.05, 3.63) is 61.4 Å². The Morgan fingerprint density at radius 3 is 2.41 bits per heavy atom. The van der Waals surface area contributed by atoms with Crippen LogP contribution in [0.1, 0.15) is 16.1 Å². The third kappa shape index (κ3) is 3.95. The van der Waals surface area contributed by atoms with Crippen molar-refractivity contribution in [1.29, 1.82) is 0 Å². The van der Waals surface area contributed by atoms with Crippen molar-refractivity contribution in [1.82, 2.24) is 4.98 Å². The van der Waals surface area contributed by atoms with Crippen LogP contribution >= 0.6 is 11.3 Å². The fourth-order valence-corrected chi connectivity index (χ4v) is 3.35. The fourth-order valence-electron chi connectivity index (χ4n) is 2.47. The zero-order chi connectivity index (χ0) is 19.4. The lowest BCUT2D eigenvalue weighted by atomic mass is 10.1. The summed E-state index contributed by atoms with van der Waals surface area (Å²) in [5.74, 6) is 1.32. The molecule has 0 saturated carbocycles. The SMILES string of the molecule is COc1cc(/C=c2\s/c(=C\C(=O)c3ccco3)[nH]c2=O)cc(OC)c1OC. The maximum Gasteiger partial charge on any atom is 0.266 e. The van der Waals surface area contributed by atoms with Gasteiger partial charge in [0.2, 0.25) is 11.5 Å². The number of hydrogen-bond donors (Lipinski definition) is 1. The molecule has 27 heavy (non-hydrogen) atoms. The maximum atomic E-state index is 12.2. The average molecular weight is 387 g/mol. The number of aromatic amines is 1. The van der Waals surface area contributed by atoms with Crippen molar-refractivity contribution in [2.24, 2.45) is 0 Å². The minimum absolute atomic E-state index is 0.208. The smallest absolute Gasteiger partial charge is 0.266 e. The standard InChI is InChI=1S/C19H17NO6S/c1-23-14-7-11(8-15(24-2)18(14)25-3)9-16-19(22)20-17(27-16)10-12(21)13-5-4-6-26-13/h4-10H,1-3H3,(H,20,22)/b16-9-,17-10-. The van der Waals surface area contributed by atoms with Gasteiger partial charge in [-0.05, 0) is 35.9 Å². The molecule has 7 nitrogen and oxygen atoms in total. The molecule has 0 unspecified atom stereocenters. The second-order valence-corrected chi connectivity index (χ2v) is 6.46. The van der Waals surface area contributed by atoms with Crippen molar-refractivity contribution < 1.29 is 23.4 Å². The molecule has 0 radical (unpaired) electrons. The summed E-state index contributed by atoms with van der Waals surface area (Å²) in [5.41, 5.74) is 0.396. The zero-order valence-corrected chi connectivity index (χ0v) is 15.7. The molecule has 3 rings (SSSR count). The molecular formula is C19H17NO6S. The Labute approximate surface area is 158 Å². The van der Waals surface area contributed by atoms with Crippen LogP contribution in [-0.4, -0.2) is 32.1 Å². The number of hydrogen-bond acceptors (Lipinski definition) is 7. The van der Waals surface area contributed by atoms with Gasteiger partial charge >= 0.3 is 0 Å². The molecule has 0 amide bonds. The minimum Gasteiger partial charge on any atom is -0.493 e. The molecule has 2 heterocycles. The quantitative estimate of drug-likeness (QED) is 0.646. The van der Waals surface area contributed by atoms with Crippen molar-refractivity contribution in [3.63, 3.8) is 0 Å². The van der Waals surface area contributed by atoms with Gasteiger partial charge in [-0.2, -0.15) is 0 Å². The molecular weight excluding hydrogens is 370 g/mol. The number of nitrogens with one attached hydrogen (secondary N) is 1. The van der Waals surface area contributed by atoms with E-state index in [0.717, 1.165) is 11.3 Å². The summed E-state index contributed by atoms with van der Waals surface area (Å²) >= 11 is 1.16. The van der Waals surface area contributed by atoms with Crippen LogP contribution < -0.4 is 29.0 Å². The first-order valence-electron chi connectivity index (χ1n) is 7.86. The first-order valence-corrected chi connectivity index (χ1v) is 8.67. The molecule has 1 N–H and O–H groups in total. The molecule has 1 aromatic carbocycles. The van der Waals surface area contributed by atoms with E-state index in [4.69, 9.17) is 18.6 Å². The number of carbonyl (C=O) groups excluding carboxylic acids is 1. The van der Waals surface area contributed by atoms with Gasteiger partial charge in [0.1, 0.15) is 0 Å². The number of aromatic nitrogens is 1. The molecule has 2 aromatic heterocycles. The molecule has 0 aliphatic carbocycles. The third-order valence-corrected chi connectivity index (χ3v) is 4.65. The number of ether oxygens (including phenoxy) is 3. The highest BCUT2D eigenvalue weighted by molar-refractivity contribution is 7.07. The van der Waals surface area contributed by atoms with Crippen LogP contribution in [0.2, 0.25) is 0 Å². The number of furan rings is 1. The highest BCUT2D eigenvalue weighted by Gasteiger charge is 2.12. The van der Waals surface area contributed by atoms with E-state index in [0.29, 0.717) is 32.0 Å². The number of Topliss-reactive ketones (excluding diaryl/α,β-unsaturated/α-hetero) is 1. The summed E-state index contributed by atoms with van der Waals surface area (Å²) in [6.45, 7) is 0. The lowest BCUT2D eigenvalue weighted by molar-refractivity contribution is 0.103. The Morgan fingerprint density at radius 1 is 1.15 bits per heavy atom. The molecule has 0 aliphatic rings. The molecule has 0 bridgehead atoms. The summed E-state index contributed by atoms with van der Waals surface area (Å²) in [6, 6.07) is 6.66. The van der Waals surface area contributed by atoms with Crippen LogP contribution in [0, 0.1) is 0 Å². The highest BCUT2D eigenvalue weighted by Crippen LogP contribution is 2.38. The highest BCUT2D eigenvalue weighted by atomic mass is 32.1. The van der Waals surface area contributed by atoms with Crippen LogP contribution in [0.15, 0.2) is 39.7 Å². The number of benzene rings is 1. The van der Waals surface area contributed by atoms with E-state index in [2.05, 4.69) is 4.98 Å². The van der Waals surface area contributed by atoms with E-state index < -0.39 is 0 Å². The molecule has 0 saturated heterocycles. The van der Waals surface area contributed by atoms with E-state index in [-0.39, 0.29) is 17.1 Å². The minimum atomic E-state index is -0.322. The summed E-state index contributed by atoms with van der Waals surface area (Å²) in [6.07, 6.45) is 4.43. The Kier molecular flexibility index (Phi) is 5.46. The Morgan fingerprint density at radius 2 is 1.85 bits per heavy atom. The van der Waals surface area contributed by atoms with E-state index in [1.165, 1.54) is 33.7 Å². The lowest BCUT2D eigenvalue weighted by Crippen LogP contribution is -2.20. The largest absolute Gasteiger partial charge is 0.493 e. The molecule has 0 atom stereocenters. The van der Waals surface area contributed by atoms with Crippen LogP contribution in [-0.2, 0) is 0 Å². The van der Waals surface area contributed by atoms with Gasteiger partial charge in [-0.25, -0.2) is 0 Å². The maximum absolute atomic E-state index is 12.2. The summed E-state index contributed by atoms with van der Waals surface area (Å²) in [5, 5.41) is 0. The predicted molar refractivity (Wildman–Crippen MR) is 101 cm³/mol. The van der Waals surface area contributed by atoms with Crippen molar-refractivity contribution in [3.8, 4) is 17.2 Å². The zero-order valence-electron chi connectivity index (χ0n) is 14.9. The first-order chi connectivity index (χ1) is 13.0. The normalized spacial score (nSPS) is 12.3. The fraction of sp³-hybridized carbons (Fsp3) is 0.158. The van der Waals surface area contributed by atoms with Crippen LogP contribution in [0.3, 0.4) is 0 Å². The van der Waals surface area contributed by atoms with Gasteiger partial charge in [0.25, 0.3) is 5.56 Å². The topological polar surface area (TPSA) is 90.8 Å². The van der Waals surface area contributed by atoms with E-state index in [1.54, 1.807) is 30.3 Å². The second-order valence-electron chi connectivity index (χ2n) is 5.37. The van der Waals surface area contributed by atoms with Gasteiger partial charge in [-0.15, -0.1) is 11.3 Å². The number of carbonyl (C=O) groups is 1. The molecule has 0 fully saturated rings. The van der Waals surface area contributed by atoms with Crippen LogP contribution in [0.4, 0.5) is 0 Å². The second kappa shape index (κ2) is 7.96. The number of ketones is 1. The molecule has 0 spiro atoms. The average Bonchev–Trinajstić information content (AvgIpc) is 3.31. The summed E-state index contributed by atoms with van der Waals surface area (Å²) in [4.78, 5) is 27.0. The molecule has 0 aliphatic heterocycles. The van der Waals surface area contributed by atoms with Gasteiger partial charge in [-0.1, -0.05) is 0 Å². The summed E-state index contributed by atoms with van der Waals surface area (Å²) in [7, 11) is 4.56. The van der Waals surface area contributed by atoms with Gasteiger partial charge in [-0.3, -0.25) is 9.59 Å². The number of rotatable bonds is 6. The van der Waals surface area contributed by atoms with Crippen LogP contribution in [0.25, 0.3) is 12.2 Å². The number of thiazole rings is 1. The Hall–Kier alpha value is -3.26. The van der Waals surface area contributed by atoms with E-state index >= 15 is 0 Å². The Balaban J connectivity index is 2.05. The lowest BCUT2D eigenvalue weighted by Gasteiger charge is -2.12. The van der Waals surface area contributed by atoms with Gasteiger partial charge in [0.15, 0.2) is 17.3 Å². The van der Waals surface area contributed by atoms with Crippen LogP contribution in [0.5, 0.6) is 17.2 Å². The van der Waals surface area contributed by atoms with Gasteiger partial charge < -0.3 is 23.6 Å². The first kappa shape index (κ1) is 18.5. The predicted octanol–water partition coefficient (Wildman–Crippen LogP) is 1.55. The number of H-pyrrole nitrogens is 1. The monoisotopic (exact) mass is 387 g/mol. The third-order valence-electron chi connectivity index (χ3n) is 3.69. The molecule has 140 valence electrons. The summed E-state index contributed by atoms with van der Waals surface area (Å²) < 4.78 is 21.8.